The van der Waals surface area contributed by atoms with Crippen molar-refractivity contribution in [2.45, 2.75) is 6.54 Å². The van der Waals surface area contributed by atoms with Gasteiger partial charge in [-0.15, -0.1) is 0 Å². The van der Waals surface area contributed by atoms with Crippen LogP contribution in [0, 0.1) is 0 Å². The maximum Gasteiger partial charge on any atom is 0.248 e. The van der Waals surface area contributed by atoms with Crippen molar-refractivity contribution >= 4 is 11.6 Å². The van der Waals surface area contributed by atoms with E-state index < -0.39 is 5.91 Å². The van der Waals surface area contributed by atoms with Crippen LogP contribution in [0.5, 0.6) is 0 Å². The summed E-state index contributed by atoms with van der Waals surface area (Å²) in [6.07, 6.45) is 3.63. The monoisotopic (exact) mass is 230 g/mol. The first kappa shape index (κ1) is 11.2. The lowest BCUT2D eigenvalue weighted by Gasteiger charge is -2.04. The van der Waals surface area contributed by atoms with Gasteiger partial charge in [-0.2, -0.15) is 5.10 Å². The van der Waals surface area contributed by atoms with Crippen LogP contribution >= 0.6 is 0 Å². The molecule has 17 heavy (non-hydrogen) atoms. The van der Waals surface area contributed by atoms with Gasteiger partial charge in [-0.05, 0) is 17.7 Å². The molecule has 5 nitrogen and oxygen atoms in total. The van der Waals surface area contributed by atoms with Crippen LogP contribution in [-0.2, 0) is 13.6 Å². The van der Waals surface area contributed by atoms with Crippen LogP contribution < -0.4 is 11.1 Å². The van der Waals surface area contributed by atoms with Crippen molar-refractivity contribution in [2.24, 2.45) is 12.8 Å². The molecule has 88 valence electrons. The minimum absolute atomic E-state index is 0.409. The molecule has 0 atom stereocenters. The van der Waals surface area contributed by atoms with E-state index in [4.69, 9.17) is 5.73 Å². The molecule has 0 radical (unpaired) electrons. The van der Waals surface area contributed by atoms with Gasteiger partial charge in [0.15, 0.2) is 0 Å². The lowest BCUT2D eigenvalue weighted by Crippen LogP contribution is -2.11. The molecule has 0 fully saturated rings. The molecule has 3 N–H and O–H groups in total. The summed E-state index contributed by atoms with van der Waals surface area (Å²) in [6.45, 7) is 0.632. The molecule has 0 aliphatic carbocycles. The van der Waals surface area contributed by atoms with Crippen molar-refractivity contribution in [3.63, 3.8) is 0 Å². The molecule has 1 heterocycles. The maximum absolute atomic E-state index is 11.0. The second-order valence-electron chi connectivity index (χ2n) is 3.82. The number of primary amides is 1. The first-order valence-corrected chi connectivity index (χ1v) is 5.26. The Bertz CT molecular complexity index is 533. The molecule has 1 amide bonds. The second kappa shape index (κ2) is 4.69. The van der Waals surface area contributed by atoms with E-state index >= 15 is 0 Å². The number of amides is 1. The van der Waals surface area contributed by atoms with Crippen LogP contribution in [-0.4, -0.2) is 15.7 Å². The van der Waals surface area contributed by atoms with E-state index in [-0.39, 0.29) is 0 Å². The van der Waals surface area contributed by atoms with Gasteiger partial charge in [-0.25, -0.2) is 0 Å². The third kappa shape index (κ3) is 2.84. The number of hydrogen-bond acceptors (Lipinski definition) is 3. The van der Waals surface area contributed by atoms with E-state index in [9.17, 15) is 4.79 Å². The predicted octanol–water partition coefficient (Wildman–Crippen LogP) is 1.13. The number of rotatable bonds is 4. The van der Waals surface area contributed by atoms with Crippen LogP contribution in [0.2, 0.25) is 0 Å². The summed E-state index contributed by atoms with van der Waals surface area (Å²) in [4.78, 5) is 11.0. The van der Waals surface area contributed by atoms with Crippen molar-refractivity contribution in [2.75, 3.05) is 5.32 Å². The van der Waals surface area contributed by atoms with Gasteiger partial charge in [0, 0.05) is 25.4 Å². The van der Waals surface area contributed by atoms with Gasteiger partial charge < -0.3 is 11.1 Å². The molecule has 2 aromatic rings. The Balaban J connectivity index is 2.04. The molecule has 0 bridgehead atoms. The van der Waals surface area contributed by atoms with Gasteiger partial charge in [0.05, 0.1) is 11.9 Å². The summed E-state index contributed by atoms with van der Waals surface area (Å²) in [5, 5.41) is 7.27. The smallest absolute Gasteiger partial charge is 0.248 e. The molecule has 0 aliphatic rings. The van der Waals surface area contributed by atoms with Crippen molar-refractivity contribution in [1.82, 2.24) is 9.78 Å². The normalized spacial score (nSPS) is 10.2. The van der Waals surface area contributed by atoms with Crippen LogP contribution in [0.15, 0.2) is 36.7 Å². The molecular formula is C12H14N4O. The second-order valence-corrected chi connectivity index (χ2v) is 3.82. The Kier molecular flexibility index (Phi) is 3.09. The lowest BCUT2D eigenvalue weighted by molar-refractivity contribution is 0.1000. The summed E-state index contributed by atoms with van der Waals surface area (Å²) in [6, 6.07) is 7.25. The summed E-state index contributed by atoms with van der Waals surface area (Å²) in [5.74, 6) is -0.409. The van der Waals surface area contributed by atoms with E-state index in [0.717, 1.165) is 11.3 Å². The molecule has 0 unspecified atom stereocenters. The molecule has 1 aromatic heterocycles. The van der Waals surface area contributed by atoms with Crippen molar-refractivity contribution in [3.05, 3.63) is 47.8 Å². The predicted molar refractivity (Wildman–Crippen MR) is 65.5 cm³/mol. The van der Waals surface area contributed by atoms with E-state index in [1.165, 1.54) is 0 Å². The van der Waals surface area contributed by atoms with Crippen LogP contribution in [0.1, 0.15) is 15.9 Å². The highest BCUT2D eigenvalue weighted by Crippen LogP contribution is 2.09. The van der Waals surface area contributed by atoms with Crippen molar-refractivity contribution in [1.29, 1.82) is 0 Å². The molecule has 0 saturated heterocycles. The van der Waals surface area contributed by atoms with Gasteiger partial charge in [-0.3, -0.25) is 9.48 Å². The number of nitrogens with two attached hydrogens (primary N) is 1. The number of nitrogens with zero attached hydrogens (tertiary/aromatic N) is 2. The highest BCUT2D eigenvalue weighted by Gasteiger charge is 2.01. The average Bonchev–Trinajstić information content (AvgIpc) is 2.73. The quantitative estimate of drug-likeness (QED) is 0.827. The van der Waals surface area contributed by atoms with Gasteiger partial charge in [0.2, 0.25) is 5.91 Å². The van der Waals surface area contributed by atoms with Gasteiger partial charge in [0.1, 0.15) is 0 Å². The third-order valence-corrected chi connectivity index (χ3v) is 2.41. The van der Waals surface area contributed by atoms with Gasteiger partial charge in [0.25, 0.3) is 0 Å². The average molecular weight is 230 g/mol. The molecule has 1 aromatic carbocycles. The van der Waals surface area contributed by atoms with Crippen LogP contribution in [0.25, 0.3) is 0 Å². The van der Waals surface area contributed by atoms with Crippen molar-refractivity contribution < 1.29 is 4.79 Å². The number of aryl methyl sites for hydroxylation is 1. The molecule has 2 rings (SSSR count). The molecule has 0 aliphatic heterocycles. The summed E-state index contributed by atoms with van der Waals surface area (Å²) in [5.41, 5.74) is 7.69. The lowest BCUT2D eigenvalue weighted by atomic mass is 10.1. The number of carbonyl (C=O) groups is 1. The Morgan fingerprint density at radius 2 is 2.35 bits per heavy atom. The highest BCUT2D eigenvalue weighted by atomic mass is 16.1. The zero-order valence-corrected chi connectivity index (χ0v) is 9.55. The van der Waals surface area contributed by atoms with E-state index in [1.54, 1.807) is 23.0 Å². The summed E-state index contributed by atoms with van der Waals surface area (Å²) in [7, 11) is 1.86. The Labute approximate surface area is 99.2 Å². The molecule has 5 heteroatoms. The maximum atomic E-state index is 11.0. The number of hydrogen-bond donors (Lipinski definition) is 2. The first-order chi connectivity index (χ1) is 8.15. The molecule has 0 saturated carbocycles. The minimum Gasteiger partial charge on any atom is -0.378 e. The van der Waals surface area contributed by atoms with Gasteiger partial charge in [-0.1, -0.05) is 12.1 Å². The zero-order chi connectivity index (χ0) is 12.3. The fourth-order valence-corrected chi connectivity index (χ4v) is 1.55. The van der Waals surface area contributed by atoms with E-state index in [2.05, 4.69) is 10.4 Å². The number of nitrogens with one attached hydrogen (secondary N) is 1. The fraction of sp³-hybridized carbons (Fsp3) is 0.167. The largest absolute Gasteiger partial charge is 0.378 e. The SMILES string of the molecule is Cn1cc(NCc2cccc(C(N)=O)c2)cn1. The standard InChI is InChI=1S/C12H14N4O/c1-16-8-11(7-15-16)14-6-9-3-2-4-10(5-9)12(13)17/h2-5,7-8,14H,6H2,1H3,(H2,13,17). The number of carbonyl (C=O) groups excluding carboxylic acids is 1. The first-order valence-electron chi connectivity index (χ1n) is 5.26. The van der Waals surface area contributed by atoms with E-state index in [1.807, 2.05) is 25.4 Å². The van der Waals surface area contributed by atoms with Crippen molar-refractivity contribution in [3.8, 4) is 0 Å². The molecule has 0 spiro atoms. The zero-order valence-electron chi connectivity index (χ0n) is 9.55. The van der Waals surface area contributed by atoms with Gasteiger partial charge >= 0.3 is 0 Å². The van der Waals surface area contributed by atoms with Crippen LogP contribution in [0.4, 0.5) is 5.69 Å². The van der Waals surface area contributed by atoms with Crippen LogP contribution in [0.3, 0.4) is 0 Å². The highest BCUT2D eigenvalue weighted by molar-refractivity contribution is 5.92. The Hall–Kier alpha value is -2.30. The number of benzene rings is 1. The fourth-order valence-electron chi connectivity index (χ4n) is 1.55. The number of aromatic nitrogens is 2. The number of anilines is 1. The Morgan fingerprint density at radius 3 is 3.00 bits per heavy atom. The third-order valence-electron chi connectivity index (χ3n) is 2.41. The summed E-state index contributed by atoms with van der Waals surface area (Å²) < 4.78 is 1.72. The minimum atomic E-state index is -0.409. The molecular weight excluding hydrogens is 216 g/mol. The topological polar surface area (TPSA) is 72.9 Å². The van der Waals surface area contributed by atoms with E-state index in [0.29, 0.717) is 12.1 Å². The summed E-state index contributed by atoms with van der Waals surface area (Å²) >= 11 is 0. The Morgan fingerprint density at radius 1 is 1.53 bits per heavy atom.